The van der Waals surface area contributed by atoms with Crippen molar-refractivity contribution in [2.75, 3.05) is 36.9 Å². The van der Waals surface area contributed by atoms with Crippen LogP contribution in [0, 0.1) is 0 Å². The van der Waals surface area contributed by atoms with Gasteiger partial charge in [0.25, 0.3) is 5.91 Å². The van der Waals surface area contributed by atoms with Crippen LogP contribution in [0.4, 0.5) is 5.69 Å². The topological polar surface area (TPSA) is 83.0 Å². The van der Waals surface area contributed by atoms with Gasteiger partial charge in [-0.1, -0.05) is 25.5 Å². The standard InChI is InChI=1S/C22H34N4O3S/c1-3-23-22(25-17-9-7-10-18(15-17)30(28)4-2)24-13-8-14-26-19-11-5-6-12-20(19)29-16-21(26)27/h5-6,11-12,17-18H,3-4,7-10,13-16H2,1-2H3,(H2,23,24,25). The second-order valence-corrected chi connectivity index (χ2v) is 9.72. The highest BCUT2D eigenvalue weighted by Gasteiger charge is 2.26. The number of carbonyl (C=O) groups excluding carboxylic acids is 1. The minimum Gasteiger partial charge on any atom is -0.482 e. The zero-order chi connectivity index (χ0) is 21.3. The van der Waals surface area contributed by atoms with Gasteiger partial charge in [-0.05, 0) is 44.7 Å². The highest BCUT2D eigenvalue weighted by Crippen LogP contribution is 2.31. The summed E-state index contributed by atoms with van der Waals surface area (Å²) in [5.74, 6) is 2.28. The highest BCUT2D eigenvalue weighted by atomic mass is 32.2. The molecule has 0 saturated heterocycles. The van der Waals surface area contributed by atoms with Crippen molar-refractivity contribution < 1.29 is 13.7 Å². The molecule has 1 aromatic carbocycles. The fourth-order valence-electron chi connectivity index (χ4n) is 4.08. The molecule has 3 atom stereocenters. The zero-order valence-electron chi connectivity index (χ0n) is 18.1. The number of guanidine groups is 1. The van der Waals surface area contributed by atoms with Gasteiger partial charge < -0.3 is 20.3 Å². The van der Waals surface area contributed by atoms with E-state index in [2.05, 4.69) is 17.6 Å². The molecule has 1 amide bonds. The number of fused-ring (bicyclic) bond motifs is 1. The summed E-state index contributed by atoms with van der Waals surface area (Å²) in [5, 5.41) is 7.13. The fraction of sp³-hybridized carbons (Fsp3) is 0.636. The summed E-state index contributed by atoms with van der Waals surface area (Å²) >= 11 is 0. The maximum absolute atomic E-state index is 12.3. The summed E-state index contributed by atoms with van der Waals surface area (Å²) < 4.78 is 17.7. The summed E-state index contributed by atoms with van der Waals surface area (Å²) in [6.45, 7) is 6.17. The quantitative estimate of drug-likeness (QED) is 0.373. The molecule has 1 fully saturated rings. The third kappa shape index (κ3) is 5.97. The number of rotatable bonds is 8. The van der Waals surface area contributed by atoms with Gasteiger partial charge in [-0.3, -0.25) is 14.0 Å². The van der Waals surface area contributed by atoms with Crippen molar-refractivity contribution >= 4 is 28.4 Å². The largest absolute Gasteiger partial charge is 0.482 e. The van der Waals surface area contributed by atoms with Crippen LogP contribution in [0.25, 0.3) is 0 Å². The third-order valence-corrected chi connectivity index (χ3v) is 7.33. The number of benzene rings is 1. The van der Waals surface area contributed by atoms with Crippen molar-refractivity contribution in [3.8, 4) is 5.75 Å². The highest BCUT2D eigenvalue weighted by molar-refractivity contribution is 7.85. The Kier molecular flexibility index (Phi) is 8.54. The van der Waals surface area contributed by atoms with Crippen molar-refractivity contribution in [2.45, 2.75) is 57.2 Å². The van der Waals surface area contributed by atoms with Gasteiger partial charge in [0.2, 0.25) is 0 Å². The molecule has 1 heterocycles. The van der Waals surface area contributed by atoms with E-state index >= 15 is 0 Å². The molecule has 1 aliphatic carbocycles. The van der Waals surface area contributed by atoms with E-state index in [4.69, 9.17) is 9.73 Å². The van der Waals surface area contributed by atoms with Gasteiger partial charge in [-0.15, -0.1) is 0 Å². The number of nitrogens with one attached hydrogen (secondary N) is 2. The van der Waals surface area contributed by atoms with Gasteiger partial charge in [-0.25, -0.2) is 0 Å². The maximum atomic E-state index is 12.3. The Hall–Kier alpha value is -2.09. The van der Waals surface area contributed by atoms with Crippen LogP contribution in [-0.4, -0.2) is 59.4 Å². The smallest absolute Gasteiger partial charge is 0.265 e. The Morgan fingerprint density at radius 1 is 1.30 bits per heavy atom. The predicted molar refractivity (Wildman–Crippen MR) is 123 cm³/mol. The number of hydrogen-bond acceptors (Lipinski definition) is 4. The SMILES string of the molecule is CCNC(=NCCCN1C(=O)COc2ccccc21)NC1CCCC(S(=O)CC)C1. The van der Waals surface area contributed by atoms with E-state index < -0.39 is 10.8 Å². The van der Waals surface area contributed by atoms with Gasteiger partial charge in [-0.2, -0.15) is 0 Å². The predicted octanol–water partition coefficient (Wildman–Crippen LogP) is 2.44. The van der Waals surface area contributed by atoms with Gasteiger partial charge in [0.15, 0.2) is 12.6 Å². The molecule has 0 spiro atoms. The Bertz CT molecular complexity index is 771. The van der Waals surface area contributed by atoms with Crippen molar-refractivity contribution in [1.82, 2.24) is 10.6 Å². The molecule has 0 aromatic heterocycles. The summed E-state index contributed by atoms with van der Waals surface area (Å²) in [5.41, 5.74) is 0.833. The average Bonchev–Trinajstić information content (AvgIpc) is 2.77. The average molecular weight is 435 g/mol. The molecule has 0 radical (unpaired) electrons. The van der Waals surface area contributed by atoms with Crippen LogP contribution < -0.4 is 20.3 Å². The zero-order valence-corrected chi connectivity index (χ0v) is 18.9. The lowest BCUT2D eigenvalue weighted by molar-refractivity contribution is -0.121. The molecule has 3 unspecified atom stereocenters. The Balaban J connectivity index is 1.53. The molecule has 8 heteroatoms. The molecule has 3 rings (SSSR count). The number of aliphatic imine (C=N–C) groups is 1. The molecule has 1 saturated carbocycles. The van der Waals surface area contributed by atoms with E-state index in [0.717, 1.165) is 61.8 Å². The normalized spacial score (nSPS) is 22.8. The third-order valence-electron chi connectivity index (χ3n) is 5.59. The number of ether oxygens (including phenoxy) is 1. The minimum atomic E-state index is -0.732. The summed E-state index contributed by atoms with van der Waals surface area (Å²) in [6, 6.07) is 7.95. The van der Waals surface area contributed by atoms with Crippen molar-refractivity contribution in [3.63, 3.8) is 0 Å². The molecule has 2 N–H and O–H groups in total. The van der Waals surface area contributed by atoms with Gasteiger partial charge in [0.1, 0.15) is 5.75 Å². The fourth-order valence-corrected chi connectivity index (χ4v) is 5.43. The molecular weight excluding hydrogens is 400 g/mol. The van der Waals surface area contributed by atoms with Crippen LogP contribution >= 0.6 is 0 Å². The van der Waals surface area contributed by atoms with Crippen LogP contribution in [0.15, 0.2) is 29.3 Å². The van der Waals surface area contributed by atoms with Crippen LogP contribution in [0.5, 0.6) is 5.75 Å². The Morgan fingerprint density at radius 3 is 2.93 bits per heavy atom. The second-order valence-electron chi connectivity index (χ2n) is 7.72. The number of nitrogens with zero attached hydrogens (tertiary/aromatic N) is 2. The first kappa shape index (κ1) is 22.6. The number of para-hydroxylation sites is 2. The van der Waals surface area contributed by atoms with Gasteiger partial charge >= 0.3 is 0 Å². The lowest BCUT2D eigenvalue weighted by Gasteiger charge is -2.30. The molecule has 1 aliphatic heterocycles. The molecule has 166 valence electrons. The first-order chi connectivity index (χ1) is 14.6. The Morgan fingerprint density at radius 2 is 2.13 bits per heavy atom. The molecule has 1 aromatic rings. The van der Waals surface area contributed by atoms with E-state index in [-0.39, 0.29) is 17.8 Å². The first-order valence-corrected chi connectivity index (χ1v) is 12.4. The second kappa shape index (κ2) is 11.3. The number of carbonyl (C=O) groups is 1. The van der Waals surface area contributed by atoms with Crippen LogP contribution in [0.1, 0.15) is 46.0 Å². The van der Waals surface area contributed by atoms with Crippen LogP contribution in [0.2, 0.25) is 0 Å². The molecule has 0 bridgehead atoms. The maximum Gasteiger partial charge on any atom is 0.265 e. The number of hydrogen-bond donors (Lipinski definition) is 2. The lowest BCUT2D eigenvalue weighted by atomic mass is 9.95. The number of anilines is 1. The summed E-state index contributed by atoms with van der Waals surface area (Å²) in [7, 11) is -0.732. The summed E-state index contributed by atoms with van der Waals surface area (Å²) in [4.78, 5) is 18.8. The minimum absolute atomic E-state index is 0.0140. The molecule has 30 heavy (non-hydrogen) atoms. The Labute approximate surface area is 182 Å². The van der Waals surface area contributed by atoms with E-state index in [0.29, 0.717) is 19.1 Å². The molecule has 2 aliphatic rings. The van der Waals surface area contributed by atoms with Crippen LogP contribution in [-0.2, 0) is 15.6 Å². The summed E-state index contributed by atoms with van der Waals surface area (Å²) in [6.07, 6.45) is 4.95. The molecule has 7 nitrogen and oxygen atoms in total. The van der Waals surface area contributed by atoms with Gasteiger partial charge in [0.05, 0.1) is 5.69 Å². The molecular formula is C22H34N4O3S. The van der Waals surface area contributed by atoms with Crippen molar-refractivity contribution in [2.24, 2.45) is 4.99 Å². The van der Waals surface area contributed by atoms with E-state index in [1.54, 1.807) is 4.90 Å². The first-order valence-electron chi connectivity index (χ1n) is 11.1. The number of amides is 1. The van der Waals surface area contributed by atoms with E-state index in [1.165, 1.54) is 0 Å². The van der Waals surface area contributed by atoms with E-state index in [9.17, 15) is 9.00 Å². The van der Waals surface area contributed by atoms with Crippen molar-refractivity contribution in [1.29, 1.82) is 0 Å². The lowest BCUT2D eigenvalue weighted by Crippen LogP contribution is -2.46. The monoisotopic (exact) mass is 434 g/mol. The van der Waals surface area contributed by atoms with Gasteiger partial charge in [0, 0.05) is 47.5 Å². The van der Waals surface area contributed by atoms with E-state index in [1.807, 2.05) is 31.2 Å². The van der Waals surface area contributed by atoms with Crippen molar-refractivity contribution in [3.05, 3.63) is 24.3 Å². The van der Waals surface area contributed by atoms with Crippen LogP contribution in [0.3, 0.4) is 0 Å².